The van der Waals surface area contributed by atoms with E-state index in [-0.39, 0.29) is 18.5 Å². The number of halogens is 2. The van der Waals surface area contributed by atoms with E-state index in [9.17, 15) is 8.78 Å². The van der Waals surface area contributed by atoms with E-state index in [0.717, 1.165) is 0 Å². The number of hydrogen-bond donors (Lipinski definition) is 1. The molecule has 0 radical (unpaired) electrons. The first-order chi connectivity index (χ1) is 8.13. The van der Waals surface area contributed by atoms with E-state index < -0.39 is 5.92 Å². The SMILES string of the molecule is CNCCC(F)(F)c1ccc2c(c1)OCCO2. The van der Waals surface area contributed by atoms with E-state index in [0.29, 0.717) is 24.7 Å². The van der Waals surface area contributed by atoms with Gasteiger partial charge >= 0.3 is 0 Å². The Morgan fingerprint density at radius 3 is 2.65 bits per heavy atom. The molecule has 17 heavy (non-hydrogen) atoms. The van der Waals surface area contributed by atoms with Crippen LogP contribution in [-0.2, 0) is 5.92 Å². The molecule has 0 aromatic heterocycles. The molecular formula is C12H15F2NO2. The summed E-state index contributed by atoms with van der Waals surface area (Å²) < 4.78 is 38.1. The summed E-state index contributed by atoms with van der Waals surface area (Å²) in [4.78, 5) is 0. The zero-order valence-electron chi connectivity index (χ0n) is 9.63. The fourth-order valence-electron chi connectivity index (χ4n) is 1.70. The molecule has 1 heterocycles. The molecule has 1 N–H and O–H groups in total. The molecule has 2 rings (SSSR count). The monoisotopic (exact) mass is 243 g/mol. The summed E-state index contributed by atoms with van der Waals surface area (Å²) in [6.45, 7) is 1.13. The van der Waals surface area contributed by atoms with Gasteiger partial charge in [0.15, 0.2) is 11.5 Å². The van der Waals surface area contributed by atoms with Gasteiger partial charge in [-0.25, -0.2) is 8.78 Å². The predicted octanol–water partition coefficient (Wildman–Crippen LogP) is 2.16. The number of alkyl halides is 2. The third-order valence-corrected chi connectivity index (χ3v) is 2.65. The number of fused-ring (bicyclic) bond motifs is 1. The lowest BCUT2D eigenvalue weighted by Crippen LogP contribution is -2.22. The highest BCUT2D eigenvalue weighted by Crippen LogP contribution is 2.38. The average molecular weight is 243 g/mol. The minimum atomic E-state index is -2.85. The maximum Gasteiger partial charge on any atom is 0.274 e. The van der Waals surface area contributed by atoms with Crippen LogP contribution < -0.4 is 14.8 Å². The highest BCUT2D eigenvalue weighted by Gasteiger charge is 2.32. The number of ether oxygens (including phenoxy) is 2. The van der Waals surface area contributed by atoms with E-state index in [1.54, 1.807) is 7.05 Å². The van der Waals surface area contributed by atoms with Crippen LogP contribution in [0.15, 0.2) is 18.2 Å². The zero-order chi connectivity index (χ0) is 12.3. The molecule has 0 unspecified atom stereocenters. The van der Waals surface area contributed by atoms with Gasteiger partial charge in [-0.2, -0.15) is 0 Å². The Bertz CT molecular complexity index is 396. The maximum atomic E-state index is 13.8. The van der Waals surface area contributed by atoms with Crippen molar-refractivity contribution in [3.05, 3.63) is 23.8 Å². The van der Waals surface area contributed by atoms with Crippen LogP contribution in [0.1, 0.15) is 12.0 Å². The molecule has 3 nitrogen and oxygen atoms in total. The van der Waals surface area contributed by atoms with Crippen molar-refractivity contribution in [2.24, 2.45) is 0 Å². The highest BCUT2D eigenvalue weighted by molar-refractivity contribution is 5.44. The average Bonchev–Trinajstić information content (AvgIpc) is 2.36. The largest absolute Gasteiger partial charge is 0.486 e. The van der Waals surface area contributed by atoms with Gasteiger partial charge in [-0.05, 0) is 25.2 Å². The van der Waals surface area contributed by atoms with Crippen molar-refractivity contribution >= 4 is 0 Å². The Labute approximate surface area is 98.7 Å². The van der Waals surface area contributed by atoms with E-state index in [4.69, 9.17) is 9.47 Å². The first-order valence-electron chi connectivity index (χ1n) is 5.56. The lowest BCUT2D eigenvalue weighted by molar-refractivity contribution is -0.0127. The molecule has 0 bridgehead atoms. The molecular weight excluding hydrogens is 228 g/mol. The summed E-state index contributed by atoms with van der Waals surface area (Å²) >= 11 is 0. The summed E-state index contributed by atoms with van der Waals surface area (Å²) in [6.07, 6.45) is -0.233. The van der Waals surface area contributed by atoms with E-state index >= 15 is 0 Å². The quantitative estimate of drug-likeness (QED) is 0.879. The Balaban J connectivity index is 2.20. The normalized spacial score (nSPS) is 14.8. The summed E-state index contributed by atoms with van der Waals surface area (Å²) in [5.74, 6) is -1.92. The molecule has 0 saturated heterocycles. The van der Waals surface area contributed by atoms with Crippen LogP contribution in [-0.4, -0.2) is 26.8 Å². The van der Waals surface area contributed by atoms with Gasteiger partial charge in [0.1, 0.15) is 13.2 Å². The number of hydrogen-bond acceptors (Lipinski definition) is 3. The molecule has 1 aliphatic rings. The van der Waals surface area contributed by atoms with Gasteiger partial charge in [0.25, 0.3) is 5.92 Å². The van der Waals surface area contributed by atoms with Gasteiger partial charge < -0.3 is 14.8 Å². The van der Waals surface area contributed by atoms with Crippen molar-refractivity contribution in [2.75, 3.05) is 26.8 Å². The van der Waals surface area contributed by atoms with Crippen molar-refractivity contribution in [1.82, 2.24) is 5.32 Å². The number of benzene rings is 1. The molecule has 5 heteroatoms. The van der Waals surface area contributed by atoms with Crippen LogP contribution in [0.5, 0.6) is 11.5 Å². The summed E-state index contributed by atoms with van der Waals surface area (Å²) in [5, 5.41) is 2.72. The van der Waals surface area contributed by atoms with Gasteiger partial charge in [-0.1, -0.05) is 0 Å². The Morgan fingerprint density at radius 1 is 1.24 bits per heavy atom. The molecule has 0 atom stereocenters. The smallest absolute Gasteiger partial charge is 0.274 e. The Kier molecular flexibility index (Phi) is 3.47. The van der Waals surface area contributed by atoms with Crippen molar-refractivity contribution in [1.29, 1.82) is 0 Å². The molecule has 94 valence electrons. The van der Waals surface area contributed by atoms with E-state index in [1.807, 2.05) is 0 Å². The fraction of sp³-hybridized carbons (Fsp3) is 0.500. The summed E-state index contributed by atoms with van der Waals surface area (Å²) in [5.41, 5.74) is -0.0306. The van der Waals surface area contributed by atoms with Crippen molar-refractivity contribution in [2.45, 2.75) is 12.3 Å². The summed E-state index contributed by atoms with van der Waals surface area (Å²) in [6, 6.07) is 4.30. The Morgan fingerprint density at radius 2 is 1.94 bits per heavy atom. The van der Waals surface area contributed by atoms with Crippen LogP contribution in [0, 0.1) is 0 Å². The van der Waals surface area contributed by atoms with Crippen LogP contribution in [0.2, 0.25) is 0 Å². The highest BCUT2D eigenvalue weighted by atomic mass is 19.3. The second kappa shape index (κ2) is 4.87. The van der Waals surface area contributed by atoms with Gasteiger partial charge in [-0.3, -0.25) is 0 Å². The van der Waals surface area contributed by atoms with Crippen molar-refractivity contribution in [3.8, 4) is 11.5 Å². The maximum absolute atomic E-state index is 13.8. The van der Waals surface area contributed by atoms with Crippen LogP contribution in [0.4, 0.5) is 8.78 Å². The first-order valence-corrected chi connectivity index (χ1v) is 5.56. The lowest BCUT2D eigenvalue weighted by atomic mass is 10.0. The molecule has 1 aromatic rings. The van der Waals surface area contributed by atoms with E-state index in [2.05, 4.69) is 5.32 Å². The molecule has 0 aliphatic carbocycles. The van der Waals surface area contributed by atoms with Crippen molar-refractivity contribution in [3.63, 3.8) is 0 Å². The van der Waals surface area contributed by atoms with E-state index in [1.165, 1.54) is 18.2 Å². The number of nitrogens with one attached hydrogen (secondary N) is 1. The summed E-state index contributed by atoms with van der Waals surface area (Å²) in [7, 11) is 1.65. The lowest BCUT2D eigenvalue weighted by Gasteiger charge is -2.22. The zero-order valence-corrected chi connectivity index (χ0v) is 9.63. The third kappa shape index (κ3) is 2.66. The van der Waals surface area contributed by atoms with Crippen LogP contribution in [0.25, 0.3) is 0 Å². The van der Waals surface area contributed by atoms with Gasteiger partial charge in [0.05, 0.1) is 0 Å². The topological polar surface area (TPSA) is 30.5 Å². The minimum Gasteiger partial charge on any atom is -0.486 e. The molecule has 1 aromatic carbocycles. The second-order valence-corrected chi connectivity index (χ2v) is 3.92. The number of rotatable bonds is 4. The predicted molar refractivity (Wildman–Crippen MR) is 59.9 cm³/mol. The molecule has 0 amide bonds. The Hall–Kier alpha value is -1.36. The third-order valence-electron chi connectivity index (χ3n) is 2.65. The second-order valence-electron chi connectivity index (χ2n) is 3.92. The van der Waals surface area contributed by atoms with Gasteiger partial charge in [0, 0.05) is 18.5 Å². The van der Waals surface area contributed by atoms with Crippen LogP contribution >= 0.6 is 0 Å². The van der Waals surface area contributed by atoms with Crippen LogP contribution in [0.3, 0.4) is 0 Å². The standard InChI is InChI=1S/C12H15F2NO2/c1-15-5-4-12(13,14)9-2-3-10-11(8-9)17-7-6-16-10/h2-3,8,15H,4-7H2,1H3. The molecule has 0 saturated carbocycles. The van der Waals surface area contributed by atoms with Gasteiger partial charge in [-0.15, -0.1) is 0 Å². The molecule has 1 aliphatic heterocycles. The minimum absolute atomic E-state index is 0.0306. The first kappa shape index (κ1) is 12.1. The van der Waals surface area contributed by atoms with Gasteiger partial charge in [0.2, 0.25) is 0 Å². The fourth-order valence-corrected chi connectivity index (χ4v) is 1.70. The molecule has 0 spiro atoms. The molecule has 0 fully saturated rings. The van der Waals surface area contributed by atoms with Crippen molar-refractivity contribution < 1.29 is 18.3 Å².